The van der Waals surface area contributed by atoms with E-state index in [1.807, 2.05) is 11.8 Å². The van der Waals surface area contributed by atoms with Crippen LogP contribution in [-0.4, -0.2) is 23.5 Å². The summed E-state index contributed by atoms with van der Waals surface area (Å²) in [5.41, 5.74) is 0.103. The van der Waals surface area contributed by atoms with Crippen LogP contribution in [0.3, 0.4) is 0 Å². The smallest absolute Gasteiger partial charge is 0.254 e. The summed E-state index contributed by atoms with van der Waals surface area (Å²) in [6.07, 6.45) is 0.964. The van der Waals surface area contributed by atoms with Crippen molar-refractivity contribution in [3.63, 3.8) is 0 Å². The van der Waals surface area contributed by atoms with E-state index in [2.05, 4.69) is 21.2 Å². The molecule has 1 aromatic rings. The van der Waals surface area contributed by atoms with Gasteiger partial charge in [-0.05, 0) is 40.2 Å². The first-order valence-electron chi connectivity index (χ1n) is 5.01. The molecule has 1 N–H and O–H groups in total. The van der Waals surface area contributed by atoms with Crippen LogP contribution in [0.2, 0.25) is 0 Å². The molecule has 1 saturated heterocycles. The Morgan fingerprint density at radius 2 is 2.38 bits per heavy atom. The molecular formula is C11H11BrFNOS. The van der Waals surface area contributed by atoms with Gasteiger partial charge in [0.25, 0.3) is 5.91 Å². The van der Waals surface area contributed by atoms with Crippen LogP contribution in [0.15, 0.2) is 22.7 Å². The first-order valence-corrected chi connectivity index (χ1v) is 6.96. The molecule has 1 amide bonds. The van der Waals surface area contributed by atoms with Crippen LogP contribution in [0.25, 0.3) is 0 Å². The third kappa shape index (κ3) is 2.58. The SMILES string of the molecule is O=C(NC1CCSC1)c1cccc(Br)c1F. The molecule has 16 heavy (non-hydrogen) atoms. The minimum Gasteiger partial charge on any atom is -0.348 e. The molecule has 1 fully saturated rings. The van der Waals surface area contributed by atoms with E-state index >= 15 is 0 Å². The topological polar surface area (TPSA) is 29.1 Å². The molecule has 1 aromatic carbocycles. The van der Waals surface area contributed by atoms with Crippen LogP contribution in [0, 0.1) is 5.82 Å². The summed E-state index contributed by atoms with van der Waals surface area (Å²) in [6, 6.07) is 4.91. The van der Waals surface area contributed by atoms with E-state index in [9.17, 15) is 9.18 Å². The molecule has 0 radical (unpaired) electrons. The highest BCUT2D eigenvalue weighted by atomic mass is 79.9. The number of carbonyl (C=O) groups excluding carboxylic acids is 1. The molecule has 1 heterocycles. The number of halogens is 2. The van der Waals surface area contributed by atoms with Crippen LogP contribution in [-0.2, 0) is 0 Å². The average molecular weight is 304 g/mol. The third-order valence-corrected chi connectivity index (χ3v) is 4.24. The van der Waals surface area contributed by atoms with E-state index in [0.717, 1.165) is 17.9 Å². The number of rotatable bonds is 2. The molecule has 5 heteroatoms. The predicted octanol–water partition coefficient (Wildman–Crippen LogP) is 2.82. The van der Waals surface area contributed by atoms with Gasteiger partial charge in [0.1, 0.15) is 5.82 Å². The van der Waals surface area contributed by atoms with Gasteiger partial charge in [0.15, 0.2) is 0 Å². The van der Waals surface area contributed by atoms with Gasteiger partial charge in [-0.1, -0.05) is 6.07 Å². The van der Waals surface area contributed by atoms with E-state index in [1.165, 1.54) is 6.07 Å². The van der Waals surface area contributed by atoms with Gasteiger partial charge in [-0.2, -0.15) is 11.8 Å². The number of benzene rings is 1. The Hall–Kier alpha value is -0.550. The van der Waals surface area contributed by atoms with Gasteiger partial charge in [-0.15, -0.1) is 0 Å². The van der Waals surface area contributed by atoms with Crippen LogP contribution >= 0.6 is 27.7 Å². The molecule has 1 unspecified atom stereocenters. The average Bonchev–Trinajstić information content (AvgIpc) is 2.74. The highest BCUT2D eigenvalue weighted by Crippen LogP contribution is 2.20. The fourth-order valence-corrected chi connectivity index (χ4v) is 3.11. The summed E-state index contributed by atoms with van der Waals surface area (Å²) >= 11 is 4.88. The number of hydrogen-bond donors (Lipinski definition) is 1. The van der Waals surface area contributed by atoms with Gasteiger partial charge in [0.2, 0.25) is 0 Å². The van der Waals surface area contributed by atoms with E-state index < -0.39 is 5.82 Å². The standard InChI is InChI=1S/C11H11BrFNOS/c12-9-3-1-2-8(10(9)13)11(15)14-7-4-5-16-6-7/h1-3,7H,4-6H2,(H,14,15). The minimum atomic E-state index is -0.495. The summed E-state index contributed by atoms with van der Waals surface area (Å²) in [5.74, 6) is 1.16. The largest absolute Gasteiger partial charge is 0.348 e. The van der Waals surface area contributed by atoms with Crippen molar-refractivity contribution >= 4 is 33.6 Å². The van der Waals surface area contributed by atoms with Crippen molar-refractivity contribution < 1.29 is 9.18 Å². The number of hydrogen-bond acceptors (Lipinski definition) is 2. The normalized spacial score (nSPS) is 19.8. The zero-order valence-electron chi connectivity index (χ0n) is 8.50. The van der Waals surface area contributed by atoms with E-state index in [-0.39, 0.29) is 17.5 Å². The minimum absolute atomic E-state index is 0.103. The van der Waals surface area contributed by atoms with Crippen molar-refractivity contribution in [2.24, 2.45) is 0 Å². The molecule has 1 aliphatic heterocycles. The predicted molar refractivity (Wildman–Crippen MR) is 67.3 cm³/mol. The van der Waals surface area contributed by atoms with Gasteiger partial charge in [0, 0.05) is 11.8 Å². The maximum absolute atomic E-state index is 13.6. The molecule has 0 bridgehead atoms. The van der Waals surface area contributed by atoms with Crippen molar-refractivity contribution in [3.05, 3.63) is 34.1 Å². The summed E-state index contributed by atoms with van der Waals surface area (Å²) < 4.78 is 13.9. The fourth-order valence-electron chi connectivity index (χ4n) is 1.59. The van der Waals surface area contributed by atoms with Crippen LogP contribution in [0.1, 0.15) is 16.8 Å². The van der Waals surface area contributed by atoms with Crippen LogP contribution < -0.4 is 5.32 Å². The Morgan fingerprint density at radius 3 is 3.06 bits per heavy atom. The highest BCUT2D eigenvalue weighted by Gasteiger charge is 2.20. The molecule has 2 rings (SSSR count). The molecule has 86 valence electrons. The Morgan fingerprint density at radius 1 is 1.56 bits per heavy atom. The zero-order valence-corrected chi connectivity index (χ0v) is 10.9. The van der Waals surface area contributed by atoms with E-state index in [0.29, 0.717) is 4.47 Å². The van der Waals surface area contributed by atoms with Gasteiger partial charge < -0.3 is 5.32 Å². The molecule has 0 saturated carbocycles. The van der Waals surface area contributed by atoms with Gasteiger partial charge in [-0.25, -0.2) is 4.39 Å². The van der Waals surface area contributed by atoms with Crippen molar-refractivity contribution in [1.29, 1.82) is 0 Å². The lowest BCUT2D eigenvalue weighted by atomic mass is 10.1. The molecule has 0 aliphatic carbocycles. The number of thioether (sulfide) groups is 1. The molecule has 1 atom stereocenters. The van der Waals surface area contributed by atoms with Crippen LogP contribution in [0.5, 0.6) is 0 Å². The molecule has 0 spiro atoms. The third-order valence-electron chi connectivity index (χ3n) is 2.46. The van der Waals surface area contributed by atoms with Gasteiger partial charge >= 0.3 is 0 Å². The molecule has 1 aliphatic rings. The van der Waals surface area contributed by atoms with Gasteiger partial charge in [0.05, 0.1) is 10.0 Å². The summed E-state index contributed by atoms with van der Waals surface area (Å²) in [6.45, 7) is 0. The quantitative estimate of drug-likeness (QED) is 0.910. The number of amides is 1. The molecule has 0 aromatic heterocycles. The van der Waals surface area contributed by atoms with Crippen molar-refractivity contribution in [3.8, 4) is 0 Å². The lowest BCUT2D eigenvalue weighted by Gasteiger charge is -2.11. The second-order valence-corrected chi connectivity index (χ2v) is 5.64. The Labute approximate surface area is 106 Å². The Bertz CT molecular complexity index is 407. The summed E-state index contributed by atoms with van der Waals surface area (Å²) in [5, 5.41) is 2.84. The van der Waals surface area contributed by atoms with Crippen molar-refractivity contribution in [1.82, 2.24) is 5.32 Å². The zero-order chi connectivity index (χ0) is 11.5. The Balaban J connectivity index is 2.11. The highest BCUT2D eigenvalue weighted by molar-refractivity contribution is 9.10. The monoisotopic (exact) mass is 303 g/mol. The van der Waals surface area contributed by atoms with Crippen LogP contribution in [0.4, 0.5) is 4.39 Å². The first kappa shape index (κ1) is 11.9. The van der Waals surface area contributed by atoms with E-state index in [1.54, 1.807) is 12.1 Å². The fraction of sp³-hybridized carbons (Fsp3) is 0.364. The first-order chi connectivity index (χ1) is 7.68. The maximum Gasteiger partial charge on any atom is 0.254 e. The molecule has 2 nitrogen and oxygen atoms in total. The second-order valence-electron chi connectivity index (χ2n) is 3.64. The maximum atomic E-state index is 13.6. The summed E-state index contributed by atoms with van der Waals surface area (Å²) in [7, 11) is 0. The van der Waals surface area contributed by atoms with Gasteiger partial charge in [-0.3, -0.25) is 4.79 Å². The Kier molecular flexibility index (Phi) is 3.86. The molecular weight excluding hydrogens is 293 g/mol. The number of carbonyl (C=O) groups is 1. The summed E-state index contributed by atoms with van der Waals surface area (Å²) in [4.78, 5) is 11.8. The van der Waals surface area contributed by atoms with Crippen molar-refractivity contribution in [2.75, 3.05) is 11.5 Å². The second kappa shape index (κ2) is 5.19. The van der Waals surface area contributed by atoms with E-state index in [4.69, 9.17) is 0 Å². The number of nitrogens with one attached hydrogen (secondary N) is 1. The lowest BCUT2D eigenvalue weighted by Crippen LogP contribution is -2.35. The van der Waals surface area contributed by atoms with Crippen molar-refractivity contribution in [2.45, 2.75) is 12.5 Å². The lowest BCUT2D eigenvalue weighted by molar-refractivity contribution is 0.0937.